The van der Waals surface area contributed by atoms with Crippen molar-refractivity contribution < 1.29 is 14.2 Å². The van der Waals surface area contributed by atoms with Gasteiger partial charge in [0.05, 0.1) is 23.9 Å². The average Bonchev–Trinajstić information content (AvgIpc) is 3.13. The average molecular weight is 416 g/mol. The smallest absolute Gasteiger partial charge is 0.131 e. The summed E-state index contributed by atoms with van der Waals surface area (Å²) in [6, 6.07) is 13.4. The van der Waals surface area contributed by atoms with E-state index in [1.54, 1.807) is 23.5 Å². The molecule has 4 rings (SSSR count). The highest BCUT2D eigenvalue weighted by molar-refractivity contribution is 7.18. The summed E-state index contributed by atoms with van der Waals surface area (Å²) in [7, 11) is 1.54. The van der Waals surface area contributed by atoms with Gasteiger partial charge in [-0.2, -0.15) is 0 Å². The molecule has 0 saturated carbocycles. The fourth-order valence-corrected chi connectivity index (χ4v) is 4.92. The molecule has 29 heavy (non-hydrogen) atoms. The summed E-state index contributed by atoms with van der Waals surface area (Å²) in [6.07, 6.45) is 0.675. The number of fused-ring (bicyclic) bond motifs is 1. The van der Waals surface area contributed by atoms with Crippen molar-refractivity contribution >= 4 is 21.6 Å². The molecule has 7 heteroatoms. The number of methoxy groups -OCH3 is 1. The maximum absolute atomic E-state index is 14.4. The van der Waals surface area contributed by atoms with Crippen LogP contribution in [0.5, 0.6) is 5.75 Å². The third kappa shape index (κ3) is 4.75. The molecule has 0 unspecified atom stereocenters. The highest BCUT2D eigenvalue weighted by atomic mass is 32.1. The molecule has 0 amide bonds. The van der Waals surface area contributed by atoms with Crippen LogP contribution in [-0.2, 0) is 13.1 Å². The van der Waals surface area contributed by atoms with E-state index in [2.05, 4.69) is 15.9 Å². The summed E-state index contributed by atoms with van der Waals surface area (Å²) in [6.45, 7) is 4.05. The molecule has 1 aromatic heterocycles. The first-order valence-electron chi connectivity index (χ1n) is 9.90. The summed E-state index contributed by atoms with van der Waals surface area (Å²) < 4.78 is 20.7. The minimum absolute atomic E-state index is 0.126. The highest BCUT2D eigenvalue weighted by Gasteiger charge is 2.28. The van der Waals surface area contributed by atoms with Crippen LogP contribution < -0.4 is 4.74 Å². The number of benzene rings is 2. The van der Waals surface area contributed by atoms with Gasteiger partial charge in [0.2, 0.25) is 0 Å². The Kier molecular flexibility index (Phi) is 6.40. The Bertz CT molecular complexity index is 931. The zero-order valence-corrected chi connectivity index (χ0v) is 17.4. The van der Waals surface area contributed by atoms with Gasteiger partial charge in [0.1, 0.15) is 16.6 Å². The molecule has 0 radical (unpaired) electrons. The summed E-state index contributed by atoms with van der Waals surface area (Å²) >= 11 is 1.74. The molecular formula is C22H26FN3O2S. The molecule has 154 valence electrons. The summed E-state index contributed by atoms with van der Waals surface area (Å²) in [5, 5.41) is 10.7. The second-order valence-corrected chi connectivity index (χ2v) is 8.52. The third-order valence-corrected chi connectivity index (χ3v) is 6.50. The molecule has 0 aliphatic carbocycles. The lowest BCUT2D eigenvalue weighted by Crippen LogP contribution is -2.52. The molecule has 1 aliphatic heterocycles. The van der Waals surface area contributed by atoms with E-state index in [1.807, 2.05) is 18.2 Å². The lowest BCUT2D eigenvalue weighted by atomic mass is 10.1. The van der Waals surface area contributed by atoms with Crippen molar-refractivity contribution in [1.29, 1.82) is 0 Å². The number of para-hydroxylation sites is 1. The number of aliphatic hydroxyl groups is 1. The van der Waals surface area contributed by atoms with Crippen molar-refractivity contribution in [2.24, 2.45) is 0 Å². The fourth-order valence-electron chi connectivity index (χ4n) is 3.91. The molecule has 1 fully saturated rings. The number of hydrogen-bond acceptors (Lipinski definition) is 6. The molecule has 0 spiro atoms. The number of halogens is 1. The van der Waals surface area contributed by atoms with Crippen molar-refractivity contribution in [2.75, 3.05) is 33.4 Å². The quantitative estimate of drug-likeness (QED) is 0.640. The minimum Gasteiger partial charge on any atom is -0.497 e. The Morgan fingerprint density at radius 2 is 2.07 bits per heavy atom. The molecule has 3 aromatic rings. The van der Waals surface area contributed by atoms with Crippen LogP contribution in [0.3, 0.4) is 0 Å². The number of rotatable bonds is 7. The van der Waals surface area contributed by atoms with Crippen LogP contribution in [0, 0.1) is 5.82 Å². The molecule has 5 nitrogen and oxygen atoms in total. The highest BCUT2D eigenvalue weighted by Crippen LogP contribution is 2.25. The molecule has 1 atom stereocenters. The van der Waals surface area contributed by atoms with Crippen molar-refractivity contribution in [3.05, 3.63) is 58.9 Å². The summed E-state index contributed by atoms with van der Waals surface area (Å²) in [5.74, 6) is 0.280. The second-order valence-electron chi connectivity index (χ2n) is 7.40. The van der Waals surface area contributed by atoms with E-state index in [1.165, 1.54) is 17.9 Å². The first kappa shape index (κ1) is 20.2. The second kappa shape index (κ2) is 9.17. The molecule has 1 N–H and O–H groups in total. The zero-order valence-electron chi connectivity index (χ0n) is 16.6. The van der Waals surface area contributed by atoms with E-state index in [4.69, 9.17) is 9.72 Å². The van der Waals surface area contributed by atoms with Crippen LogP contribution >= 0.6 is 11.3 Å². The first-order valence-corrected chi connectivity index (χ1v) is 10.7. The van der Waals surface area contributed by atoms with Crippen LogP contribution in [0.25, 0.3) is 10.2 Å². The van der Waals surface area contributed by atoms with E-state index < -0.39 is 0 Å². The van der Waals surface area contributed by atoms with Gasteiger partial charge in [-0.3, -0.25) is 9.80 Å². The lowest BCUT2D eigenvalue weighted by Gasteiger charge is -2.41. The molecule has 0 bridgehead atoms. The zero-order chi connectivity index (χ0) is 20.2. The van der Waals surface area contributed by atoms with E-state index in [0.717, 1.165) is 36.7 Å². The van der Waals surface area contributed by atoms with Crippen LogP contribution in [0.1, 0.15) is 17.0 Å². The number of nitrogens with zero attached hydrogens (tertiary/aromatic N) is 3. The van der Waals surface area contributed by atoms with Crippen molar-refractivity contribution in [1.82, 2.24) is 14.8 Å². The Morgan fingerprint density at radius 1 is 1.21 bits per heavy atom. The van der Waals surface area contributed by atoms with Crippen molar-refractivity contribution in [3.63, 3.8) is 0 Å². The van der Waals surface area contributed by atoms with Gasteiger partial charge < -0.3 is 9.84 Å². The largest absolute Gasteiger partial charge is 0.497 e. The maximum Gasteiger partial charge on any atom is 0.131 e. The third-order valence-electron chi connectivity index (χ3n) is 5.48. The topological polar surface area (TPSA) is 48.8 Å². The molecule has 1 aliphatic rings. The van der Waals surface area contributed by atoms with Crippen LogP contribution in [-0.4, -0.2) is 59.3 Å². The van der Waals surface area contributed by atoms with Crippen molar-refractivity contribution in [2.45, 2.75) is 25.6 Å². The van der Waals surface area contributed by atoms with Gasteiger partial charge >= 0.3 is 0 Å². The monoisotopic (exact) mass is 415 g/mol. The first-order chi connectivity index (χ1) is 14.2. The minimum atomic E-state index is -0.246. The Morgan fingerprint density at radius 3 is 2.83 bits per heavy atom. The Labute approximate surface area is 174 Å². The predicted molar refractivity (Wildman–Crippen MR) is 114 cm³/mol. The fraction of sp³-hybridized carbons (Fsp3) is 0.409. The molecule has 2 aromatic carbocycles. The molecule has 2 heterocycles. The Balaban J connectivity index is 1.42. The standard InChI is InChI=1S/C22H26FN3O2S/c1-28-18-7-6-16(19(23)12-18)13-26-10-9-25(14-17(26)8-11-27)15-22-24-20-4-2-3-5-21(20)29-22/h2-7,12,17,27H,8-11,13-15H2,1H3/t17-/m0/s1. The summed E-state index contributed by atoms with van der Waals surface area (Å²) in [5.41, 5.74) is 1.71. The van der Waals surface area contributed by atoms with Gasteiger partial charge in [-0.1, -0.05) is 18.2 Å². The normalized spacial score (nSPS) is 18.4. The van der Waals surface area contributed by atoms with E-state index in [-0.39, 0.29) is 18.5 Å². The van der Waals surface area contributed by atoms with Gasteiger partial charge in [-0.15, -0.1) is 11.3 Å². The van der Waals surface area contributed by atoms with E-state index in [0.29, 0.717) is 24.3 Å². The van der Waals surface area contributed by atoms with Crippen molar-refractivity contribution in [3.8, 4) is 5.75 Å². The number of hydrogen-bond donors (Lipinski definition) is 1. The van der Waals surface area contributed by atoms with Crippen LogP contribution in [0.2, 0.25) is 0 Å². The van der Waals surface area contributed by atoms with Gasteiger partial charge in [0, 0.05) is 50.5 Å². The van der Waals surface area contributed by atoms with Crippen LogP contribution in [0.15, 0.2) is 42.5 Å². The molecular weight excluding hydrogens is 389 g/mol. The van der Waals surface area contributed by atoms with Gasteiger partial charge in [0.25, 0.3) is 0 Å². The molecule has 1 saturated heterocycles. The van der Waals surface area contributed by atoms with Crippen LogP contribution in [0.4, 0.5) is 4.39 Å². The number of ether oxygens (including phenoxy) is 1. The lowest BCUT2D eigenvalue weighted by molar-refractivity contribution is 0.0493. The number of piperazine rings is 1. The van der Waals surface area contributed by atoms with Gasteiger partial charge in [-0.05, 0) is 24.6 Å². The Hall–Kier alpha value is -2.06. The number of thiazole rings is 1. The number of aromatic nitrogens is 1. The van der Waals surface area contributed by atoms with E-state index >= 15 is 0 Å². The maximum atomic E-state index is 14.4. The summed E-state index contributed by atoms with van der Waals surface area (Å²) in [4.78, 5) is 9.41. The SMILES string of the molecule is COc1ccc(CN2CCN(Cc3nc4ccccc4s3)C[C@@H]2CCO)c(F)c1. The van der Waals surface area contributed by atoms with E-state index in [9.17, 15) is 9.50 Å². The number of aliphatic hydroxyl groups excluding tert-OH is 1. The predicted octanol–water partition coefficient (Wildman–Crippen LogP) is 3.51. The van der Waals surface area contributed by atoms with Gasteiger partial charge in [0.15, 0.2) is 0 Å². The van der Waals surface area contributed by atoms with Gasteiger partial charge in [-0.25, -0.2) is 9.37 Å².